The zero-order valence-corrected chi connectivity index (χ0v) is 13.2. The number of para-hydroxylation sites is 1. The third kappa shape index (κ3) is 3.30. The van der Waals surface area contributed by atoms with Crippen molar-refractivity contribution in [2.24, 2.45) is 0 Å². The van der Waals surface area contributed by atoms with Gasteiger partial charge in [0.2, 0.25) is 0 Å². The predicted octanol–water partition coefficient (Wildman–Crippen LogP) is 2.88. The van der Waals surface area contributed by atoms with Crippen molar-refractivity contribution in [3.8, 4) is 5.75 Å². The molecular weight excluding hydrogens is 260 g/mol. The van der Waals surface area contributed by atoms with Gasteiger partial charge >= 0.3 is 0 Å². The van der Waals surface area contributed by atoms with Crippen LogP contribution in [-0.4, -0.2) is 55.2 Å². The molecule has 0 radical (unpaired) electrons. The number of methoxy groups -OCH3 is 1. The molecule has 0 aliphatic carbocycles. The molecule has 3 nitrogen and oxygen atoms in total. The second-order valence-corrected chi connectivity index (χ2v) is 6.24. The number of ether oxygens (including phenoxy) is 1. The first-order chi connectivity index (χ1) is 10.3. The topological polar surface area (TPSA) is 15.7 Å². The van der Waals surface area contributed by atoms with Crippen molar-refractivity contribution in [2.45, 2.75) is 31.8 Å². The Balaban J connectivity index is 1.60. The largest absolute Gasteiger partial charge is 0.496 e. The lowest BCUT2D eigenvalue weighted by Crippen LogP contribution is -2.54. The Kier molecular flexibility index (Phi) is 4.61. The van der Waals surface area contributed by atoms with E-state index in [4.69, 9.17) is 4.74 Å². The monoisotopic (exact) mass is 286 g/mol. The fraction of sp³-hybridized carbons (Fsp3) is 0.556. The molecule has 2 fully saturated rings. The van der Waals surface area contributed by atoms with Gasteiger partial charge in [-0.15, -0.1) is 0 Å². The summed E-state index contributed by atoms with van der Waals surface area (Å²) in [6.45, 7) is 7.14. The van der Waals surface area contributed by atoms with Gasteiger partial charge in [0.1, 0.15) is 5.75 Å². The van der Waals surface area contributed by atoms with Crippen molar-refractivity contribution in [1.29, 1.82) is 0 Å². The zero-order chi connectivity index (χ0) is 14.7. The van der Waals surface area contributed by atoms with E-state index >= 15 is 0 Å². The lowest BCUT2D eigenvalue weighted by atomic mass is 10.1. The minimum absolute atomic E-state index is 0.654. The van der Waals surface area contributed by atoms with Gasteiger partial charge in [-0.3, -0.25) is 9.80 Å². The Hall–Kier alpha value is -1.32. The van der Waals surface area contributed by atoms with Gasteiger partial charge in [-0.05, 0) is 32.4 Å². The minimum atomic E-state index is 0.654. The van der Waals surface area contributed by atoms with E-state index in [0.717, 1.165) is 23.9 Å². The fourth-order valence-electron chi connectivity index (χ4n) is 3.62. The molecule has 0 bridgehead atoms. The molecule has 2 aliphatic heterocycles. The van der Waals surface area contributed by atoms with Crippen molar-refractivity contribution < 1.29 is 4.74 Å². The Morgan fingerprint density at radius 1 is 1.29 bits per heavy atom. The maximum absolute atomic E-state index is 5.39. The van der Waals surface area contributed by atoms with Gasteiger partial charge in [0, 0.05) is 37.3 Å². The number of nitrogens with zero attached hydrogens (tertiary/aromatic N) is 2. The van der Waals surface area contributed by atoms with Crippen molar-refractivity contribution in [3.63, 3.8) is 0 Å². The Bertz CT molecular complexity index is 500. The van der Waals surface area contributed by atoms with Gasteiger partial charge in [0.05, 0.1) is 7.11 Å². The summed E-state index contributed by atoms with van der Waals surface area (Å²) in [5.41, 5.74) is 1.16. The molecule has 0 N–H and O–H groups in total. The number of hydrogen-bond acceptors (Lipinski definition) is 3. The second-order valence-electron chi connectivity index (χ2n) is 6.24. The summed E-state index contributed by atoms with van der Waals surface area (Å²) in [4.78, 5) is 5.28. The maximum Gasteiger partial charge on any atom is 0.126 e. The normalized spacial score (nSPS) is 27.1. The molecule has 2 atom stereocenters. The van der Waals surface area contributed by atoms with Crippen LogP contribution >= 0.6 is 0 Å². The van der Waals surface area contributed by atoms with Gasteiger partial charge in [0.25, 0.3) is 0 Å². The van der Waals surface area contributed by atoms with E-state index in [1.807, 2.05) is 12.1 Å². The molecular formula is C18H26N2O. The first-order valence-electron chi connectivity index (χ1n) is 8.05. The highest BCUT2D eigenvalue weighted by molar-refractivity contribution is 5.57. The van der Waals surface area contributed by atoms with Crippen molar-refractivity contribution in [3.05, 3.63) is 35.9 Å². The predicted molar refractivity (Wildman–Crippen MR) is 87.7 cm³/mol. The third-order valence-electron chi connectivity index (χ3n) is 4.84. The van der Waals surface area contributed by atoms with Crippen LogP contribution in [0.15, 0.2) is 30.3 Å². The summed E-state index contributed by atoms with van der Waals surface area (Å²) in [6, 6.07) is 9.63. The van der Waals surface area contributed by atoms with Crippen LogP contribution in [-0.2, 0) is 0 Å². The summed E-state index contributed by atoms with van der Waals surface area (Å²) >= 11 is 0. The molecule has 21 heavy (non-hydrogen) atoms. The fourth-order valence-corrected chi connectivity index (χ4v) is 3.62. The van der Waals surface area contributed by atoms with Gasteiger partial charge in [-0.2, -0.15) is 0 Å². The molecule has 2 heterocycles. The molecule has 3 heteroatoms. The van der Waals surface area contributed by atoms with Crippen LogP contribution in [0.25, 0.3) is 6.08 Å². The second kappa shape index (κ2) is 6.63. The number of benzene rings is 1. The number of piperazine rings is 1. The van der Waals surface area contributed by atoms with E-state index in [1.54, 1.807) is 7.11 Å². The zero-order valence-electron chi connectivity index (χ0n) is 13.2. The molecule has 2 aliphatic rings. The van der Waals surface area contributed by atoms with Crippen molar-refractivity contribution >= 4 is 6.08 Å². The minimum Gasteiger partial charge on any atom is -0.496 e. The van der Waals surface area contributed by atoms with Crippen LogP contribution in [0.5, 0.6) is 5.75 Å². The third-order valence-corrected chi connectivity index (χ3v) is 4.84. The summed E-state index contributed by atoms with van der Waals surface area (Å²) in [5.74, 6) is 0.947. The van der Waals surface area contributed by atoms with Gasteiger partial charge in [-0.25, -0.2) is 0 Å². The summed E-state index contributed by atoms with van der Waals surface area (Å²) in [6.07, 6.45) is 7.22. The van der Waals surface area contributed by atoms with Gasteiger partial charge in [-0.1, -0.05) is 30.4 Å². The van der Waals surface area contributed by atoms with E-state index in [-0.39, 0.29) is 0 Å². The molecule has 0 spiro atoms. The summed E-state index contributed by atoms with van der Waals surface area (Å²) in [7, 11) is 1.73. The van der Waals surface area contributed by atoms with Crippen LogP contribution in [0.1, 0.15) is 25.3 Å². The highest BCUT2D eigenvalue weighted by Crippen LogP contribution is 2.24. The lowest BCUT2D eigenvalue weighted by molar-refractivity contribution is 0.0686. The molecule has 1 unspecified atom stereocenters. The smallest absolute Gasteiger partial charge is 0.126 e. The average Bonchev–Trinajstić information content (AvgIpc) is 2.95. The van der Waals surface area contributed by atoms with Gasteiger partial charge in [0.15, 0.2) is 0 Å². The van der Waals surface area contributed by atoms with Crippen LogP contribution in [0.3, 0.4) is 0 Å². The van der Waals surface area contributed by atoms with Crippen LogP contribution in [0.2, 0.25) is 0 Å². The summed E-state index contributed by atoms with van der Waals surface area (Å²) < 4.78 is 5.39. The van der Waals surface area contributed by atoms with E-state index < -0.39 is 0 Å². The standard InChI is InChI=1S/C18H26N2O/c1-15-13-20-12-6-9-17(20)14-19(15)11-5-8-16-7-3-4-10-18(16)21-2/h3-5,7-8,10,15,17H,6,9,11-14H2,1-2H3/t15-,17?/m1/s1. The maximum atomic E-state index is 5.39. The van der Waals surface area contributed by atoms with Crippen LogP contribution in [0.4, 0.5) is 0 Å². The van der Waals surface area contributed by atoms with Crippen molar-refractivity contribution in [1.82, 2.24) is 9.80 Å². The van der Waals surface area contributed by atoms with E-state index in [9.17, 15) is 0 Å². The molecule has 1 aromatic carbocycles. The molecule has 1 aromatic rings. The number of rotatable bonds is 4. The molecule has 0 aromatic heterocycles. The Morgan fingerprint density at radius 3 is 3.00 bits per heavy atom. The molecule has 3 rings (SSSR count). The van der Waals surface area contributed by atoms with E-state index in [2.05, 4.69) is 41.0 Å². The van der Waals surface area contributed by atoms with Crippen LogP contribution < -0.4 is 4.74 Å². The highest BCUT2D eigenvalue weighted by Gasteiger charge is 2.33. The quantitative estimate of drug-likeness (QED) is 0.846. The first-order valence-corrected chi connectivity index (χ1v) is 8.05. The van der Waals surface area contributed by atoms with Crippen molar-refractivity contribution in [2.75, 3.05) is 33.3 Å². The van der Waals surface area contributed by atoms with E-state index in [0.29, 0.717) is 6.04 Å². The number of hydrogen-bond donors (Lipinski definition) is 0. The first kappa shape index (κ1) is 14.6. The van der Waals surface area contributed by atoms with Gasteiger partial charge < -0.3 is 4.74 Å². The summed E-state index contributed by atoms with van der Waals surface area (Å²) in [5, 5.41) is 0. The Morgan fingerprint density at radius 2 is 2.14 bits per heavy atom. The lowest BCUT2D eigenvalue weighted by Gasteiger charge is -2.41. The number of fused-ring (bicyclic) bond motifs is 1. The molecule has 2 saturated heterocycles. The molecule has 0 amide bonds. The van der Waals surface area contributed by atoms with Crippen LogP contribution in [0, 0.1) is 0 Å². The van der Waals surface area contributed by atoms with E-state index in [1.165, 1.54) is 32.5 Å². The molecule has 0 saturated carbocycles. The average molecular weight is 286 g/mol. The highest BCUT2D eigenvalue weighted by atomic mass is 16.5. The SMILES string of the molecule is COc1ccccc1C=CCN1CC2CCCN2C[C@H]1C. The molecule has 114 valence electrons. The Labute approximate surface area is 128 Å².